The van der Waals surface area contributed by atoms with Crippen LogP contribution in [0.1, 0.15) is 43.2 Å². The Morgan fingerprint density at radius 2 is 1.94 bits per heavy atom. The summed E-state index contributed by atoms with van der Waals surface area (Å²) >= 11 is 0. The second kappa shape index (κ2) is 3.74. The molecule has 1 aromatic carbocycles. The topological polar surface area (TPSA) is 26.0 Å². The van der Waals surface area contributed by atoms with Crippen molar-refractivity contribution in [2.75, 3.05) is 6.54 Å². The maximum Gasteiger partial charge on any atom is 0.0112 e. The number of hydrogen-bond acceptors (Lipinski definition) is 1. The summed E-state index contributed by atoms with van der Waals surface area (Å²) in [6.07, 6.45) is 8.96. The number of allylic oxidation sites excluding steroid dienone is 1. The number of hydrogen-bond donors (Lipinski definition) is 1. The third-order valence-electron chi connectivity index (χ3n) is 4.30. The van der Waals surface area contributed by atoms with E-state index in [1.165, 1.54) is 43.2 Å². The van der Waals surface area contributed by atoms with Crippen LogP contribution < -0.4 is 5.73 Å². The third-order valence-corrected chi connectivity index (χ3v) is 4.30. The standard InChI is InChI=1S/C15H19N/c16-10-7-12-11-15(8-3-4-9-15)14-6-2-1-5-13(12)14/h1-2,5-7H,3-4,8-11,16H2. The van der Waals surface area contributed by atoms with Crippen LogP contribution in [0.2, 0.25) is 0 Å². The number of benzene rings is 1. The van der Waals surface area contributed by atoms with Gasteiger partial charge in [-0.25, -0.2) is 0 Å². The van der Waals surface area contributed by atoms with E-state index in [1.807, 2.05) is 0 Å². The molecule has 0 aliphatic heterocycles. The van der Waals surface area contributed by atoms with E-state index < -0.39 is 0 Å². The molecule has 1 aromatic rings. The largest absolute Gasteiger partial charge is 0.327 e. The van der Waals surface area contributed by atoms with Gasteiger partial charge in [-0.2, -0.15) is 0 Å². The quantitative estimate of drug-likeness (QED) is 0.761. The zero-order valence-electron chi connectivity index (χ0n) is 9.71. The van der Waals surface area contributed by atoms with Crippen LogP contribution in [0.25, 0.3) is 5.57 Å². The van der Waals surface area contributed by atoms with E-state index in [9.17, 15) is 0 Å². The minimum absolute atomic E-state index is 0.470. The molecule has 1 nitrogen and oxygen atoms in total. The summed E-state index contributed by atoms with van der Waals surface area (Å²) in [5.41, 5.74) is 10.7. The monoisotopic (exact) mass is 213 g/mol. The maximum absolute atomic E-state index is 5.68. The molecule has 2 aliphatic rings. The first-order chi connectivity index (χ1) is 7.86. The molecule has 0 heterocycles. The Bertz CT molecular complexity index is 425. The molecule has 1 saturated carbocycles. The summed E-state index contributed by atoms with van der Waals surface area (Å²) < 4.78 is 0. The maximum atomic E-state index is 5.68. The first kappa shape index (κ1) is 10.1. The molecule has 2 aliphatic carbocycles. The lowest BCUT2D eigenvalue weighted by Gasteiger charge is -2.23. The van der Waals surface area contributed by atoms with Gasteiger partial charge < -0.3 is 5.73 Å². The van der Waals surface area contributed by atoms with Crippen LogP contribution in [0.5, 0.6) is 0 Å². The Kier molecular flexibility index (Phi) is 2.36. The summed E-state index contributed by atoms with van der Waals surface area (Å²) in [5, 5.41) is 0. The normalized spacial score (nSPS) is 24.2. The van der Waals surface area contributed by atoms with Gasteiger partial charge in [0, 0.05) is 6.54 Å². The van der Waals surface area contributed by atoms with Gasteiger partial charge in [-0.15, -0.1) is 0 Å². The van der Waals surface area contributed by atoms with Crippen molar-refractivity contribution >= 4 is 5.57 Å². The molecule has 16 heavy (non-hydrogen) atoms. The van der Waals surface area contributed by atoms with Gasteiger partial charge in [-0.3, -0.25) is 0 Å². The highest BCUT2D eigenvalue weighted by Crippen LogP contribution is 2.54. The van der Waals surface area contributed by atoms with Crippen LogP contribution in [0, 0.1) is 0 Å². The van der Waals surface area contributed by atoms with Crippen LogP contribution in [0.3, 0.4) is 0 Å². The smallest absolute Gasteiger partial charge is 0.0112 e. The zero-order chi connectivity index (χ0) is 11.0. The van der Waals surface area contributed by atoms with Crippen molar-refractivity contribution in [2.45, 2.75) is 37.5 Å². The van der Waals surface area contributed by atoms with Crippen molar-refractivity contribution < 1.29 is 0 Å². The molecule has 0 bridgehead atoms. The molecule has 1 fully saturated rings. The Morgan fingerprint density at radius 1 is 1.19 bits per heavy atom. The van der Waals surface area contributed by atoms with Crippen molar-refractivity contribution in [1.82, 2.24) is 0 Å². The second-order valence-electron chi connectivity index (χ2n) is 5.17. The van der Waals surface area contributed by atoms with E-state index in [1.54, 1.807) is 5.56 Å². The van der Waals surface area contributed by atoms with E-state index in [0.29, 0.717) is 12.0 Å². The molecule has 0 atom stereocenters. The molecule has 1 heteroatoms. The molecule has 0 amide bonds. The molecule has 0 radical (unpaired) electrons. The molecular formula is C15H19N. The van der Waals surface area contributed by atoms with Crippen LogP contribution in [0.4, 0.5) is 0 Å². The van der Waals surface area contributed by atoms with Gasteiger partial charge in [-0.05, 0) is 41.4 Å². The molecule has 2 N–H and O–H groups in total. The fraction of sp³-hybridized carbons (Fsp3) is 0.467. The van der Waals surface area contributed by atoms with Gasteiger partial charge in [0.05, 0.1) is 0 Å². The molecule has 1 spiro atoms. The Labute approximate surface area is 97.4 Å². The van der Waals surface area contributed by atoms with Gasteiger partial charge in [0.1, 0.15) is 0 Å². The Balaban J connectivity index is 2.12. The van der Waals surface area contributed by atoms with Gasteiger partial charge in [-0.1, -0.05) is 43.2 Å². The van der Waals surface area contributed by atoms with E-state index >= 15 is 0 Å². The first-order valence-corrected chi connectivity index (χ1v) is 6.35. The van der Waals surface area contributed by atoms with Gasteiger partial charge in [0.2, 0.25) is 0 Å². The average Bonchev–Trinajstić information content (AvgIpc) is 2.89. The molecule has 0 aromatic heterocycles. The van der Waals surface area contributed by atoms with E-state index in [2.05, 4.69) is 30.3 Å². The highest BCUT2D eigenvalue weighted by atomic mass is 14.5. The van der Waals surface area contributed by atoms with Crippen LogP contribution in [0.15, 0.2) is 30.3 Å². The molecule has 84 valence electrons. The minimum atomic E-state index is 0.470. The van der Waals surface area contributed by atoms with E-state index in [-0.39, 0.29) is 0 Å². The Hall–Kier alpha value is -1.08. The third kappa shape index (κ3) is 1.35. The van der Waals surface area contributed by atoms with Crippen LogP contribution in [-0.2, 0) is 5.41 Å². The van der Waals surface area contributed by atoms with Gasteiger partial charge in [0.25, 0.3) is 0 Å². The summed E-state index contributed by atoms with van der Waals surface area (Å²) in [5.74, 6) is 0. The second-order valence-corrected chi connectivity index (χ2v) is 5.17. The predicted octanol–water partition coefficient (Wildman–Crippen LogP) is 3.24. The van der Waals surface area contributed by atoms with Crippen LogP contribution >= 0.6 is 0 Å². The van der Waals surface area contributed by atoms with Crippen molar-refractivity contribution in [1.29, 1.82) is 0 Å². The van der Waals surface area contributed by atoms with Gasteiger partial charge >= 0.3 is 0 Å². The lowest BCUT2D eigenvalue weighted by molar-refractivity contribution is 0.469. The van der Waals surface area contributed by atoms with Crippen molar-refractivity contribution in [2.24, 2.45) is 5.73 Å². The summed E-state index contributed by atoms with van der Waals surface area (Å²) in [7, 11) is 0. The SMILES string of the molecule is NCC=C1CC2(CCCC2)c2ccccc21. The highest BCUT2D eigenvalue weighted by molar-refractivity contribution is 5.76. The lowest BCUT2D eigenvalue weighted by Crippen LogP contribution is -2.17. The minimum Gasteiger partial charge on any atom is -0.327 e. The van der Waals surface area contributed by atoms with Crippen molar-refractivity contribution in [3.05, 3.63) is 41.5 Å². The predicted molar refractivity (Wildman–Crippen MR) is 68.2 cm³/mol. The first-order valence-electron chi connectivity index (χ1n) is 6.35. The highest BCUT2D eigenvalue weighted by Gasteiger charge is 2.42. The summed E-state index contributed by atoms with van der Waals surface area (Å²) in [6, 6.07) is 8.93. The van der Waals surface area contributed by atoms with Crippen molar-refractivity contribution in [3.8, 4) is 0 Å². The molecule has 0 unspecified atom stereocenters. The summed E-state index contributed by atoms with van der Waals surface area (Å²) in [4.78, 5) is 0. The number of rotatable bonds is 1. The molecule has 3 rings (SSSR count). The fourth-order valence-corrected chi connectivity index (χ4v) is 3.60. The van der Waals surface area contributed by atoms with E-state index in [4.69, 9.17) is 5.73 Å². The lowest BCUT2D eigenvalue weighted by atomic mass is 9.80. The van der Waals surface area contributed by atoms with E-state index in [0.717, 1.165) is 0 Å². The van der Waals surface area contributed by atoms with Crippen molar-refractivity contribution in [3.63, 3.8) is 0 Å². The molecule has 0 saturated heterocycles. The fourth-order valence-electron chi connectivity index (χ4n) is 3.60. The Morgan fingerprint density at radius 3 is 2.69 bits per heavy atom. The summed E-state index contributed by atoms with van der Waals surface area (Å²) in [6.45, 7) is 0.666. The molecular weight excluding hydrogens is 194 g/mol. The van der Waals surface area contributed by atoms with Crippen LogP contribution in [-0.4, -0.2) is 6.54 Å². The van der Waals surface area contributed by atoms with Gasteiger partial charge in [0.15, 0.2) is 0 Å². The zero-order valence-corrected chi connectivity index (χ0v) is 9.71. The number of nitrogens with two attached hydrogens (primary N) is 1. The average molecular weight is 213 g/mol. The number of fused-ring (bicyclic) bond motifs is 2.